The Balaban J connectivity index is 1.87. The normalized spacial score (nSPS) is 11.8. The van der Waals surface area contributed by atoms with Crippen molar-refractivity contribution >= 4 is 27.4 Å². The number of imidazole rings is 1. The summed E-state index contributed by atoms with van der Waals surface area (Å²) >= 11 is 1.60. The van der Waals surface area contributed by atoms with E-state index in [0.29, 0.717) is 5.89 Å². The lowest BCUT2D eigenvalue weighted by atomic mass is 10.1. The van der Waals surface area contributed by atoms with E-state index < -0.39 is 0 Å². The van der Waals surface area contributed by atoms with Crippen LogP contribution in [0.1, 0.15) is 23.1 Å². The monoisotopic (exact) mass is 298 g/mol. The van der Waals surface area contributed by atoms with Crippen LogP contribution in [0, 0.1) is 13.8 Å². The predicted octanol–water partition coefficient (Wildman–Crippen LogP) is 3.78. The molecule has 4 aromatic rings. The second kappa shape index (κ2) is 4.39. The first-order chi connectivity index (χ1) is 10.1. The molecule has 0 fully saturated rings. The van der Waals surface area contributed by atoms with E-state index in [1.54, 1.807) is 15.9 Å². The third-order valence-corrected chi connectivity index (χ3v) is 4.49. The van der Waals surface area contributed by atoms with E-state index >= 15 is 0 Å². The fourth-order valence-electron chi connectivity index (χ4n) is 2.47. The van der Waals surface area contributed by atoms with Crippen molar-refractivity contribution in [3.8, 4) is 11.6 Å². The quantitative estimate of drug-likeness (QED) is 0.565. The SMILES string of the molecule is CCc1nn2cc(-c3nc4cc(C)cc(C)c4o3)nc2s1. The van der Waals surface area contributed by atoms with E-state index in [1.807, 2.05) is 19.2 Å². The Hall–Kier alpha value is -2.21. The van der Waals surface area contributed by atoms with Crippen LogP contribution in [0.2, 0.25) is 0 Å². The molecule has 3 heterocycles. The lowest BCUT2D eigenvalue weighted by Crippen LogP contribution is -1.83. The highest BCUT2D eigenvalue weighted by Crippen LogP contribution is 2.28. The Bertz CT molecular complexity index is 931. The summed E-state index contributed by atoms with van der Waals surface area (Å²) in [5.41, 5.74) is 4.70. The maximum absolute atomic E-state index is 5.89. The van der Waals surface area contributed by atoms with Crippen molar-refractivity contribution in [2.45, 2.75) is 27.2 Å². The van der Waals surface area contributed by atoms with Gasteiger partial charge in [-0.15, -0.1) is 0 Å². The van der Waals surface area contributed by atoms with Crippen LogP contribution in [0.5, 0.6) is 0 Å². The minimum Gasteiger partial charge on any atom is -0.434 e. The smallest absolute Gasteiger partial charge is 0.247 e. The Labute approximate surface area is 125 Å². The van der Waals surface area contributed by atoms with Gasteiger partial charge in [-0.05, 0) is 37.5 Å². The van der Waals surface area contributed by atoms with Gasteiger partial charge in [0.25, 0.3) is 0 Å². The summed E-state index contributed by atoms with van der Waals surface area (Å²) in [5, 5.41) is 5.54. The van der Waals surface area contributed by atoms with Crippen LogP contribution in [-0.2, 0) is 6.42 Å². The number of hydrogen-bond donors (Lipinski definition) is 0. The average molecular weight is 298 g/mol. The average Bonchev–Trinajstić information content (AvgIpc) is 3.08. The molecule has 3 aromatic heterocycles. The number of fused-ring (bicyclic) bond motifs is 2. The van der Waals surface area contributed by atoms with Crippen LogP contribution >= 0.6 is 11.3 Å². The van der Waals surface area contributed by atoms with Gasteiger partial charge in [0, 0.05) is 0 Å². The van der Waals surface area contributed by atoms with Crippen LogP contribution in [0.4, 0.5) is 0 Å². The van der Waals surface area contributed by atoms with Crippen LogP contribution in [0.25, 0.3) is 27.6 Å². The lowest BCUT2D eigenvalue weighted by molar-refractivity contribution is 0.615. The van der Waals surface area contributed by atoms with Crippen molar-refractivity contribution in [3.63, 3.8) is 0 Å². The van der Waals surface area contributed by atoms with Crippen LogP contribution in [-0.4, -0.2) is 19.6 Å². The zero-order chi connectivity index (χ0) is 14.6. The Morgan fingerprint density at radius 3 is 2.86 bits per heavy atom. The molecule has 0 amide bonds. The van der Waals surface area contributed by atoms with E-state index in [4.69, 9.17) is 4.42 Å². The van der Waals surface area contributed by atoms with E-state index in [1.165, 1.54) is 5.56 Å². The summed E-state index contributed by atoms with van der Waals surface area (Å²) < 4.78 is 7.68. The molecule has 106 valence electrons. The fraction of sp³-hybridized carbons (Fsp3) is 0.267. The highest BCUT2D eigenvalue weighted by molar-refractivity contribution is 7.16. The third kappa shape index (κ3) is 1.94. The molecule has 0 N–H and O–H groups in total. The Kier molecular flexibility index (Phi) is 2.62. The zero-order valence-electron chi connectivity index (χ0n) is 12.0. The molecular weight excluding hydrogens is 284 g/mol. The molecule has 0 atom stereocenters. The number of aromatic nitrogens is 4. The Morgan fingerprint density at radius 1 is 1.24 bits per heavy atom. The third-order valence-electron chi connectivity index (χ3n) is 3.43. The number of aryl methyl sites for hydroxylation is 3. The molecule has 0 saturated heterocycles. The Morgan fingerprint density at radius 2 is 2.10 bits per heavy atom. The van der Waals surface area contributed by atoms with Crippen molar-refractivity contribution < 1.29 is 4.42 Å². The molecule has 4 rings (SSSR count). The molecule has 0 aliphatic rings. The van der Waals surface area contributed by atoms with Gasteiger partial charge in [-0.2, -0.15) is 5.10 Å². The molecule has 0 saturated carbocycles. The fourth-order valence-corrected chi connectivity index (χ4v) is 3.29. The summed E-state index contributed by atoms with van der Waals surface area (Å²) in [7, 11) is 0. The van der Waals surface area contributed by atoms with E-state index in [-0.39, 0.29) is 0 Å². The molecule has 0 aliphatic heterocycles. The van der Waals surface area contributed by atoms with Gasteiger partial charge in [-0.25, -0.2) is 14.5 Å². The van der Waals surface area contributed by atoms with E-state index in [9.17, 15) is 0 Å². The molecule has 0 radical (unpaired) electrons. The maximum Gasteiger partial charge on any atom is 0.247 e. The largest absolute Gasteiger partial charge is 0.434 e. The maximum atomic E-state index is 5.89. The molecular formula is C15H14N4OS. The summed E-state index contributed by atoms with van der Waals surface area (Å²) in [6.07, 6.45) is 2.79. The first-order valence-electron chi connectivity index (χ1n) is 6.87. The molecule has 0 unspecified atom stereocenters. The number of hydrogen-bond acceptors (Lipinski definition) is 5. The number of oxazole rings is 1. The highest BCUT2D eigenvalue weighted by atomic mass is 32.1. The summed E-state index contributed by atoms with van der Waals surface area (Å²) in [4.78, 5) is 9.99. The zero-order valence-corrected chi connectivity index (χ0v) is 12.9. The van der Waals surface area contributed by atoms with Gasteiger partial charge in [0.15, 0.2) is 5.58 Å². The number of rotatable bonds is 2. The predicted molar refractivity (Wildman–Crippen MR) is 82.7 cm³/mol. The first-order valence-corrected chi connectivity index (χ1v) is 7.69. The van der Waals surface area contributed by atoms with Crippen LogP contribution in [0.15, 0.2) is 22.7 Å². The van der Waals surface area contributed by atoms with Crippen molar-refractivity contribution in [1.82, 2.24) is 19.6 Å². The van der Waals surface area contributed by atoms with Gasteiger partial charge in [0.2, 0.25) is 10.9 Å². The molecule has 0 aliphatic carbocycles. The number of benzene rings is 1. The van der Waals surface area contributed by atoms with Gasteiger partial charge >= 0.3 is 0 Å². The summed E-state index contributed by atoms with van der Waals surface area (Å²) in [5.74, 6) is 0.550. The van der Waals surface area contributed by atoms with Crippen molar-refractivity contribution in [3.05, 3.63) is 34.5 Å². The van der Waals surface area contributed by atoms with E-state index in [2.05, 4.69) is 35.0 Å². The summed E-state index contributed by atoms with van der Waals surface area (Å²) in [6, 6.07) is 4.12. The van der Waals surface area contributed by atoms with E-state index in [0.717, 1.165) is 38.7 Å². The topological polar surface area (TPSA) is 56.2 Å². The second-order valence-electron chi connectivity index (χ2n) is 5.15. The molecule has 5 nitrogen and oxygen atoms in total. The van der Waals surface area contributed by atoms with Crippen molar-refractivity contribution in [1.29, 1.82) is 0 Å². The minimum atomic E-state index is 0.550. The van der Waals surface area contributed by atoms with Gasteiger partial charge in [-0.1, -0.05) is 24.3 Å². The molecule has 0 spiro atoms. The van der Waals surface area contributed by atoms with Gasteiger partial charge in [0.1, 0.15) is 16.2 Å². The standard InChI is InChI=1S/C15H14N4OS/c1-4-12-18-19-7-11(17-15(19)21-12)14-16-10-6-8(2)5-9(3)13(10)20-14/h5-7H,4H2,1-3H3. The highest BCUT2D eigenvalue weighted by Gasteiger charge is 2.15. The van der Waals surface area contributed by atoms with Crippen LogP contribution in [0.3, 0.4) is 0 Å². The van der Waals surface area contributed by atoms with Gasteiger partial charge in [-0.3, -0.25) is 0 Å². The minimum absolute atomic E-state index is 0.550. The molecule has 6 heteroatoms. The van der Waals surface area contributed by atoms with Crippen molar-refractivity contribution in [2.24, 2.45) is 0 Å². The lowest BCUT2D eigenvalue weighted by Gasteiger charge is -1.94. The summed E-state index contributed by atoms with van der Waals surface area (Å²) in [6.45, 7) is 6.18. The second-order valence-corrected chi connectivity index (χ2v) is 6.19. The first kappa shape index (κ1) is 12.5. The number of nitrogens with zero attached hydrogens (tertiary/aromatic N) is 4. The van der Waals surface area contributed by atoms with Gasteiger partial charge in [0.05, 0.1) is 6.20 Å². The van der Waals surface area contributed by atoms with Gasteiger partial charge < -0.3 is 4.42 Å². The van der Waals surface area contributed by atoms with Crippen molar-refractivity contribution in [2.75, 3.05) is 0 Å². The molecule has 1 aromatic carbocycles. The van der Waals surface area contributed by atoms with Crippen LogP contribution < -0.4 is 0 Å². The molecule has 21 heavy (non-hydrogen) atoms. The molecule has 0 bridgehead atoms.